The number of hydrogen-bond donors (Lipinski definition) is 1. The van der Waals surface area contributed by atoms with Crippen LogP contribution in [0.25, 0.3) is 17.4 Å². The van der Waals surface area contributed by atoms with Crippen LogP contribution in [-0.4, -0.2) is 5.91 Å². The molecule has 1 heterocycles. The van der Waals surface area contributed by atoms with Crippen molar-refractivity contribution in [3.8, 4) is 17.4 Å². The van der Waals surface area contributed by atoms with E-state index in [-0.39, 0.29) is 28.7 Å². The van der Waals surface area contributed by atoms with Gasteiger partial charge in [0, 0.05) is 11.6 Å². The Bertz CT molecular complexity index is 1110. The van der Waals surface area contributed by atoms with Gasteiger partial charge in [0.1, 0.15) is 23.2 Å². The van der Waals surface area contributed by atoms with E-state index in [9.17, 15) is 23.2 Å². The molecule has 0 saturated carbocycles. The number of halogens is 3. The van der Waals surface area contributed by atoms with Crippen LogP contribution in [0.1, 0.15) is 29.9 Å². The number of nitriles is 1. The third kappa shape index (κ3) is 4.97. The maximum atomic E-state index is 12.9. The standard InChI is InChI=1S/C23H17F3N2O2/c1-15(16-6-3-2-4-7-16)28-22(29)18(14-27)13-20-10-11-21(30-20)17-8-5-9-19(12-17)23(24,25)26/h2-13,15H,1H3,(H,28,29). The maximum absolute atomic E-state index is 12.9. The Labute approximate surface area is 171 Å². The van der Waals surface area contributed by atoms with Gasteiger partial charge in [0.25, 0.3) is 5.91 Å². The van der Waals surface area contributed by atoms with Gasteiger partial charge in [-0.3, -0.25) is 4.79 Å². The van der Waals surface area contributed by atoms with Crippen LogP contribution in [-0.2, 0) is 11.0 Å². The van der Waals surface area contributed by atoms with Gasteiger partial charge in [-0.2, -0.15) is 18.4 Å². The first-order chi connectivity index (χ1) is 14.3. The molecule has 0 fully saturated rings. The Hall–Kier alpha value is -3.79. The number of carbonyl (C=O) groups is 1. The molecule has 4 nitrogen and oxygen atoms in total. The molecule has 7 heteroatoms. The predicted molar refractivity (Wildman–Crippen MR) is 106 cm³/mol. The first-order valence-corrected chi connectivity index (χ1v) is 9.03. The molecule has 1 aromatic heterocycles. The Kier molecular flexibility index (Phi) is 6.07. The molecule has 1 N–H and O–H groups in total. The summed E-state index contributed by atoms with van der Waals surface area (Å²) in [6.07, 6.45) is -3.21. The summed E-state index contributed by atoms with van der Waals surface area (Å²) in [4.78, 5) is 12.4. The van der Waals surface area contributed by atoms with Crippen molar-refractivity contribution in [3.05, 3.63) is 89.2 Å². The van der Waals surface area contributed by atoms with Crippen LogP contribution in [0.5, 0.6) is 0 Å². The number of nitrogens with one attached hydrogen (secondary N) is 1. The SMILES string of the molecule is CC(NC(=O)C(C#N)=Cc1ccc(-c2cccc(C(F)(F)F)c2)o1)c1ccccc1. The van der Waals surface area contributed by atoms with Crippen molar-refractivity contribution in [1.82, 2.24) is 5.32 Å². The fourth-order valence-corrected chi connectivity index (χ4v) is 2.82. The summed E-state index contributed by atoms with van der Waals surface area (Å²) < 4.78 is 44.2. The van der Waals surface area contributed by atoms with Gasteiger partial charge in [0.2, 0.25) is 0 Å². The Morgan fingerprint density at radius 1 is 1.10 bits per heavy atom. The number of alkyl halides is 3. The number of hydrogen-bond acceptors (Lipinski definition) is 3. The first kappa shape index (κ1) is 20.9. The van der Waals surface area contributed by atoms with Crippen LogP contribution >= 0.6 is 0 Å². The monoisotopic (exact) mass is 410 g/mol. The zero-order valence-corrected chi connectivity index (χ0v) is 15.9. The van der Waals surface area contributed by atoms with E-state index in [4.69, 9.17) is 4.42 Å². The lowest BCUT2D eigenvalue weighted by Crippen LogP contribution is -2.27. The summed E-state index contributed by atoms with van der Waals surface area (Å²) in [6.45, 7) is 1.79. The van der Waals surface area contributed by atoms with Crippen LogP contribution in [0.4, 0.5) is 13.2 Å². The van der Waals surface area contributed by atoms with Gasteiger partial charge >= 0.3 is 6.18 Å². The number of benzene rings is 2. The summed E-state index contributed by atoms with van der Waals surface area (Å²) in [5.41, 5.74) is 0.154. The van der Waals surface area contributed by atoms with E-state index >= 15 is 0 Å². The van der Waals surface area contributed by atoms with E-state index in [1.807, 2.05) is 36.4 Å². The van der Waals surface area contributed by atoms with Crippen LogP contribution in [0.2, 0.25) is 0 Å². The average molecular weight is 410 g/mol. The second kappa shape index (κ2) is 8.70. The zero-order valence-electron chi connectivity index (χ0n) is 15.9. The Morgan fingerprint density at radius 3 is 2.50 bits per heavy atom. The third-order valence-electron chi connectivity index (χ3n) is 4.40. The van der Waals surface area contributed by atoms with Crippen LogP contribution in [0.15, 0.2) is 76.7 Å². The molecule has 0 aliphatic rings. The molecule has 3 aromatic rings. The lowest BCUT2D eigenvalue weighted by Gasteiger charge is -2.13. The second-order valence-corrected chi connectivity index (χ2v) is 6.56. The van der Waals surface area contributed by atoms with Gasteiger partial charge in [-0.05, 0) is 36.8 Å². The smallest absolute Gasteiger partial charge is 0.416 e. The zero-order chi connectivity index (χ0) is 21.7. The Morgan fingerprint density at radius 2 is 1.83 bits per heavy atom. The molecule has 0 aliphatic heterocycles. The summed E-state index contributed by atoms with van der Waals surface area (Å²) in [6, 6.07) is 18.5. The van der Waals surface area contributed by atoms with E-state index in [1.54, 1.807) is 6.92 Å². The highest BCUT2D eigenvalue weighted by molar-refractivity contribution is 6.01. The molecule has 152 valence electrons. The van der Waals surface area contributed by atoms with Crippen molar-refractivity contribution in [2.75, 3.05) is 0 Å². The number of amides is 1. The highest BCUT2D eigenvalue weighted by Gasteiger charge is 2.30. The molecule has 0 saturated heterocycles. The van der Waals surface area contributed by atoms with Crippen LogP contribution in [0.3, 0.4) is 0 Å². The minimum Gasteiger partial charge on any atom is -0.457 e. The van der Waals surface area contributed by atoms with Crippen molar-refractivity contribution < 1.29 is 22.4 Å². The van der Waals surface area contributed by atoms with Gasteiger partial charge in [-0.15, -0.1) is 0 Å². The van der Waals surface area contributed by atoms with E-state index in [1.165, 1.54) is 30.3 Å². The number of rotatable bonds is 5. The minimum atomic E-state index is -4.47. The van der Waals surface area contributed by atoms with Crippen molar-refractivity contribution in [3.63, 3.8) is 0 Å². The number of furan rings is 1. The summed E-state index contributed by atoms with van der Waals surface area (Å²) in [5, 5.41) is 12.1. The van der Waals surface area contributed by atoms with E-state index in [0.29, 0.717) is 0 Å². The topological polar surface area (TPSA) is 66.0 Å². The quantitative estimate of drug-likeness (QED) is 0.430. The molecule has 0 radical (unpaired) electrons. The van der Waals surface area contributed by atoms with E-state index in [0.717, 1.165) is 17.7 Å². The van der Waals surface area contributed by atoms with E-state index in [2.05, 4.69) is 5.32 Å². The van der Waals surface area contributed by atoms with Gasteiger partial charge in [-0.1, -0.05) is 42.5 Å². The molecule has 0 spiro atoms. The molecule has 1 unspecified atom stereocenters. The molecule has 0 bridgehead atoms. The largest absolute Gasteiger partial charge is 0.457 e. The fraction of sp³-hybridized carbons (Fsp3) is 0.130. The van der Waals surface area contributed by atoms with E-state index < -0.39 is 17.6 Å². The fourth-order valence-electron chi connectivity index (χ4n) is 2.82. The molecule has 1 atom stereocenters. The number of nitrogens with zero attached hydrogens (tertiary/aromatic N) is 1. The second-order valence-electron chi connectivity index (χ2n) is 6.56. The van der Waals surface area contributed by atoms with Crippen molar-refractivity contribution in [2.45, 2.75) is 19.1 Å². The highest BCUT2D eigenvalue weighted by atomic mass is 19.4. The lowest BCUT2D eigenvalue weighted by atomic mass is 10.1. The van der Waals surface area contributed by atoms with Gasteiger partial charge in [-0.25, -0.2) is 0 Å². The molecular weight excluding hydrogens is 393 g/mol. The average Bonchev–Trinajstić information content (AvgIpc) is 3.20. The van der Waals surface area contributed by atoms with Gasteiger partial charge < -0.3 is 9.73 Å². The van der Waals surface area contributed by atoms with Crippen molar-refractivity contribution in [1.29, 1.82) is 5.26 Å². The highest BCUT2D eigenvalue weighted by Crippen LogP contribution is 2.32. The molecule has 2 aromatic carbocycles. The summed E-state index contributed by atoms with van der Waals surface area (Å²) in [5.74, 6) is -0.199. The lowest BCUT2D eigenvalue weighted by molar-refractivity contribution is -0.137. The first-order valence-electron chi connectivity index (χ1n) is 9.03. The molecule has 1 amide bonds. The third-order valence-corrected chi connectivity index (χ3v) is 4.40. The molecule has 3 rings (SSSR count). The van der Waals surface area contributed by atoms with Crippen molar-refractivity contribution >= 4 is 12.0 Å². The predicted octanol–water partition coefficient (Wildman–Crippen LogP) is 5.75. The normalized spacial score (nSPS) is 12.8. The molecular formula is C23H17F3N2O2. The van der Waals surface area contributed by atoms with Gasteiger partial charge in [0.15, 0.2) is 0 Å². The summed E-state index contributed by atoms with van der Waals surface area (Å²) >= 11 is 0. The Balaban J connectivity index is 1.79. The molecule has 0 aliphatic carbocycles. The van der Waals surface area contributed by atoms with Crippen molar-refractivity contribution in [2.24, 2.45) is 0 Å². The van der Waals surface area contributed by atoms with Crippen LogP contribution in [0, 0.1) is 11.3 Å². The number of carbonyl (C=O) groups excluding carboxylic acids is 1. The van der Waals surface area contributed by atoms with Crippen LogP contribution < -0.4 is 5.32 Å². The molecule has 30 heavy (non-hydrogen) atoms. The maximum Gasteiger partial charge on any atom is 0.416 e. The minimum absolute atomic E-state index is 0.178. The van der Waals surface area contributed by atoms with Gasteiger partial charge in [0.05, 0.1) is 11.6 Å². The summed E-state index contributed by atoms with van der Waals surface area (Å²) in [7, 11) is 0.